The fourth-order valence-electron chi connectivity index (χ4n) is 2.52. The molecule has 1 aliphatic heterocycles. The molecule has 0 unspecified atom stereocenters. The van der Waals surface area contributed by atoms with Crippen molar-refractivity contribution in [3.63, 3.8) is 0 Å². The summed E-state index contributed by atoms with van der Waals surface area (Å²) < 4.78 is 10.5. The average Bonchev–Trinajstić information content (AvgIpc) is 2.61. The van der Waals surface area contributed by atoms with Crippen molar-refractivity contribution in [1.82, 2.24) is 0 Å². The molecule has 128 valence electrons. The second-order valence-electron chi connectivity index (χ2n) is 5.56. The molecule has 2 aromatic carbocycles. The van der Waals surface area contributed by atoms with E-state index in [2.05, 4.69) is 10.6 Å². The number of carbonyl (C=O) groups excluding carboxylic acids is 2. The van der Waals surface area contributed by atoms with Crippen molar-refractivity contribution >= 4 is 28.8 Å². The SMILES string of the molecule is COc1ccc(/C(C)=C/C(=O)Nc2cccc3c2OCC(=O)N3)cc1. The highest BCUT2D eigenvalue weighted by atomic mass is 16.5. The van der Waals surface area contributed by atoms with E-state index in [1.165, 1.54) is 6.08 Å². The van der Waals surface area contributed by atoms with Crippen molar-refractivity contribution in [2.45, 2.75) is 6.92 Å². The number of hydrogen-bond donors (Lipinski definition) is 2. The summed E-state index contributed by atoms with van der Waals surface area (Å²) in [6.07, 6.45) is 1.52. The van der Waals surface area contributed by atoms with Gasteiger partial charge in [0.1, 0.15) is 5.75 Å². The molecule has 2 N–H and O–H groups in total. The summed E-state index contributed by atoms with van der Waals surface area (Å²) in [6, 6.07) is 12.7. The van der Waals surface area contributed by atoms with Gasteiger partial charge in [0, 0.05) is 6.08 Å². The number of nitrogens with one attached hydrogen (secondary N) is 2. The van der Waals surface area contributed by atoms with Gasteiger partial charge in [-0.15, -0.1) is 0 Å². The Morgan fingerprint density at radius 3 is 2.72 bits per heavy atom. The molecule has 0 aromatic heterocycles. The van der Waals surface area contributed by atoms with E-state index >= 15 is 0 Å². The number of carbonyl (C=O) groups is 2. The molecule has 1 aliphatic rings. The van der Waals surface area contributed by atoms with Crippen LogP contribution in [0.3, 0.4) is 0 Å². The third kappa shape index (κ3) is 3.80. The first-order valence-electron chi connectivity index (χ1n) is 7.76. The zero-order valence-corrected chi connectivity index (χ0v) is 14.0. The first-order valence-corrected chi connectivity index (χ1v) is 7.76. The summed E-state index contributed by atoms with van der Waals surface area (Å²) in [5, 5.41) is 5.50. The van der Waals surface area contributed by atoms with Crippen LogP contribution in [0.5, 0.6) is 11.5 Å². The van der Waals surface area contributed by atoms with Gasteiger partial charge in [0.15, 0.2) is 12.4 Å². The molecule has 0 radical (unpaired) electrons. The van der Waals surface area contributed by atoms with Gasteiger partial charge in [-0.05, 0) is 42.3 Å². The Labute approximate surface area is 145 Å². The molecule has 0 spiro atoms. The van der Waals surface area contributed by atoms with Crippen LogP contribution in [0.15, 0.2) is 48.5 Å². The average molecular weight is 338 g/mol. The third-order valence-electron chi connectivity index (χ3n) is 3.79. The molecule has 0 saturated heterocycles. The van der Waals surface area contributed by atoms with Gasteiger partial charge >= 0.3 is 0 Å². The zero-order chi connectivity index (χ0) is 17.8. The summed E-state index contributed by atoms with van der Waals surface area (Å²) >= 11 is 0. The van der Waals surface area contributed by atoms with Crippen molar-refractivity contribution in [2.75, 3.05) is 24.4 Å². The standard InChI is InChI=1S/C19H18N2O4/c1-12(13-6-8-14(24-2)9-7-13)10-17(22)20-15-4-3-5-16-19(15)25-11-18(23)21-16/h3-10H,11H2,1-2H3,(H,20,22)(H,21,23)/b12-10+. The van der Waals surface area contributed by atoms with Crippen LogP contribution < -0.4 is 20.1 Å². The number of methoxy groups -OCH3 is 1. The van der Waals surface area contributed by atoms with Crippen molar-refractivity contribution in [3.05, 3.63) is 54.1 Å². The summed E-state index contributed by atoms with van der Waals surface area (Å²) in [5.41, 5.74) is 2.81. The van der Waals surface area contributed by atoms with Crippen LogP contribution in [-0.2, 0) is 9.59 Å². The Hall–Kier alpha value is -3.28. The molecule has 0 aliphatic carbocycles. The number of rotatable bonds is 4. The lowest BCUT2D eigenvalue weighted by atomic mass is 10.1. The van der Waals surface area contributed by atoms with E-state index in [0.717, 1.165) is 16.9 Å². The second-order valence-corrected chi connectivity index (χ2v) is 5.56. The Bertz CT molecular complexity index is 841. The molecular formula is C19H18N2O4. The van der Waals surface area contributed by atoms with Gasteiger partial charge in [-0.1, -0.05) is 18.2 Å². The number of hydrogen-bond acceptors (Lipinski definition) is 4. The second kappa shape index (κ2) is 7.09. The fourth-order valence-corrected chi connectivity index (χ4v) is 2.52. The summed E-state index contributed by atoms with van der Waals surface area (Å²) in [4.78, 5) is 23.7. The van der Waals surface area contributed by atoms with Gasteiger partial charge in [-0.3, -0.25) is 9.59 Å². The highest BCUT2D eigenvalue weighted by Crippen LogP contribution is 2.35. The van der Waals surface area contributed by atoms with Crippen LogP contribution in [0.2, 0.25) is 0 Å². The van der Waals surface area contributed by atoms with Crippen LogP contribution in [-0.4, -0.2) is 25.5 Å². The minimum atomic E-state index is -0.276. The van der Waals surface area contributed by atoms with E-state index in [1.807, 2.05) is 31.2 Å². The zero-order valence-electron chi connectivity index (χ0n) is 14.0. The van der Waals surface area contributed by atoms with E-state index in [-0.39, 0.29) is 18.4 Å². The van der Waals surface area contributed by atoms with Gasteiger partial charge in [0.05, 0.1) is 18.5 Å². The van der Waals surface area contributed by atoms with Crippen molar-refractivity contribution in [3.8, 4) is 11.5 Å². The van der Waals surface area contributed by atoms with Crippen LogP contribution in [0.4, 0.5) is 11.4 Å². The molecule has 2 amide bonds. The Morgan fingerprint density at radius 1 is 1.24 bits per heavy atom. The monoisotopic (exact) mass is 338 g/mol. The predicted molar refractivity (Wildman–Crippen MR) is 95.8 cm³/mol. The molecule has 2 aromatic rings. The smallest absolute Gasteiger partial charge is 0.262 e. The highest BCUT2D eigenvalue weighted by Gasteiger charge is 2.19. The highest BCUT2D eigenvalue weighted by molar-refractivity contribution is 6.06. The number of ether oxygens (including phenoxy) is 2. The first-order chi connectivity index (χ1) is 12.1. The van der Waals surface area contributed by atoms with Gasteiger partial charge < -0.3 is 20.1 Å². The maximum absolute atomic E-state index is 12.3. The normalized spacial score (nSPS) is 13.4. The van der Waals surface area contributed by atoms with Crippen molar-refractivity contribution in [1.29, 1.82) is 0 Å². The number of benzene rings is 2. The maximum Gasteiger partial charge on any atom is 0.262 e. The molecule has 0 atom stereocenters. The van der Waals surface area contributed by atoms with E-state index in [4.69, 9.17) is 9.47 Å². The van der Waals surface area contributed by atoms with E-state index in [1.54, 1.807) is 25.3 Å². The number of amides is 2. The minimum absolute atomic E-state index is 0.0689. The fraction of sp³-hybridized carbons (Fsp3) is 0.158. The molecule has 6 heteroatoms. The van der Waals surface area contributed by atoms with E-state index in [0.29, 0.717) is 17.1 Å². The van der Waals surface area contributed by atoms with Gasteiger partial charge in [-0.2, -0.15) is 0 Å². The van der Waals surface area contributed by atoms with Crippen LogP contribution in [0, 0.1) is 0 Å². The molecule has 0 bridgehead atoms. The van der Waals surface area contributed by atoms with Crippen LogP contribution in [0.1, 0.15) is 12.5 Å². The molecular weight excluding hydrogens is 320 g/mol. The van der Waals surface area contributed by atoms with Crippen LogP contribution in [0.25, 0.3) is 5.57 Å². The summed E-state index contributed by atoms with van der Waals surface area (Å²) in [6.45, 7) is 1.79. The maximum atomic E-state index is 12.3. The summed E-state index contributed by atoms with van der Waals surface area (Å²) in [7, 11) is 1.61. The summed E-state index contributed by atoms with van der Waals surface area (Å²) in [5.74, 6) is 0.732. The lowest BCUT2D eigenvalue weighted by Gasteiger charge is -2.20. The first kappa shape index (κ1) is 16.6. The van der Waals surface area contributed by atoms with Gasteiger partial charge in [0.25, 0.3) is 5.91 Å². The molecule has 6 nitrogen and oxygen atoms in total. The Morgan fingerprint density at radius 2 is 2.00 bits per heavy atom. The molecule has 0 fully saturated rings. The predicted octanol–water partition coefficient (Wildman–Crippen LogP) is 3.07. The molecule has 25 heavy (non-hydrogen) atoms. The lowest BCUT2D eigenvalue weighted by molar-refractivity contribution is -0.118. The van der Waals surface area contributed by atoms with Crippen molar-refractivity contribution in [2.24, 2.45) is 0 Å². The Kier molecular flexibility index (Phi) is 4.70. The minimum Gasteiger partial charge on any atom is -0.497 e. The number of allylic oxidation sites excluding steroid dienone is 1. The quantitative estimate of drug-likeness (QED) is 0.840. The Balaban J connectivity index is 1.76. The van der Waals surface area contributed by atoms with Gasteiger partial charge in [0.2, 0.25) is 5.91 Å². The number of para-hydroxylation sites is 1. The van der Waals surface area contributed by atoms with E-state index < -0.39 is 0 Å². The molecule has 3 rings (SSSR count). The third-order valence-corrected chi connectivity index (χ3v) is 3.79. The van der Waals surface area contributed by atoms with E-state index in [9.17, 15) is 9.59 Å². The van der Waals surface area contributed by atoms with Crippen molar-refractivity contribution < 1.29 is 19.1 Å². The molecule has 1 heterocycles. The largest absolute Gasteiger partial charge is 0.497 e. The lowest BCUT2D eigenvalue weighted by Crippen LogP contribution is -2.26. The topological polar surface area (TPSA) is 76.7 Å². The van der Waals surface area contributed by atoms with Gasteiger partial charge in [-0.25, -0.2) is 0 Å². The van der Waals surface area contributed by atoms with Crippen LogP contribution >= 0.6 is 0 Å². The number of anilines is 2. The molecule has 0 saturated carbocycles. The number of fused-ring (bicyclic) bond motifs is 1.